The Bertz CT molecular complexity index is 4160. The molecule has 6 heterocycles. The minimum absolute atomic E-state index is 0.186. The molecule has 0 N–H and O–H groups in total. The Hall–Kier alpha value is -9.65. The summed E-state index contributed by atoms with van der Waals surface area (Å²) in [6.45, 7) is -0.421. The second kappa shape index (κ2) is 14.9. The van der Waals surface area contributed by atoms with Gasteiger partial charge in [0.05, 0.1) is 11.4 Å². The van der Waals surface area contributed by atoms with Crippen LogP contribution in [-0.4, -0.2) is 13.4 Å². The van der Waals surface area contributed by atoms with Crippen LogP contribution in [0.3, 0.4) is 0 Å². The van der Waals surface area contributed by atoms with Crippen molar-refractivity contribution in [1.82, 2.24) is 0 Å². The molecule has 0 bridgehead atoms. The zero-order valence-electron chi connectivity index (χ0n) is 39.9. The summed E-state index contributed by atoms with van der Waals surface area (Å²) < 4.78 is 15.8. The second-order valence-electron chi connectivity index (χ2n) is 19.9. The van der Waals surface area contributed by atoms with Crippen molar-refractivity contribution in [3.05, 3.63) is 243 Å². The molecule has 74 heavy (non-hydrogen) atoms. The molecule has 0 saturated carbocycles. The molecule has 0 amide bonds. The normalized spacial score (nSPS) is 14.0. The first-order valence-electron chi connectivity index (χ1n) is 25.5. The SMILES string of the molecule is c1ccc(-c2cc3c4c(c2)N(c2ccccc2)c2cc(-c5ccccc5)cc5c2B4c2c(c4c6c(c2N5c2ccccc2)Oc2cccc5c2B6c2c(cccc2N4c2ccccc2)N5c2ccccc2)O3)cc1. The van der Waals surface area contributed by atoms with Gasteiger partial charge in [-0.2, -0.15) is 0 Å². The minimum Gasteiger partial charge on any atom is -0.456 e. The van der Waals surface area contributed by atoms with Crippen molar-refractivity contribution in [3.8, 4) is 45.3 Å². The largest absolute Gasteiger partial charge is 0.456 e. The van der Waals surface area contributed by atoms with Gasteiger partial charge < -0.3 is 29.1 Å². The molecule has 8 heteroatoms. The van der Waals surface area contributed by atoms with Crippen LogP contribution in [0.2, 0.25) is 0 Å². The lowest BCUT2D eigenvalue weighted by molar-refractivity contribution is 0.477. The van der Waals surface area contributed by atoms with E-state index in [-0.39, 0.29) is 13.4 Å². The molecule has 11 aromatic rings. The first-order valence-corrected chi connectivity index (χ1v) is 25.5. The maximum Gasteiger partial charge on any atom is 0.262 e. The van der Waals surface area contributed by atoms with Crippen LogP contribution >= 0.6 is 0 Å². The Morgan fingerprint density at radius 2 is 0.581 bits per heavy atom. The van der Waals surface area contributed by atoms with Gasteiger partial charge in [-0.25, -0.2) is 0 Å². The Balaban J connectivity index is 1.06. The fraction of sp³-hybridized carbons (Fsp3) is 0. The van der Waals surface area contributed by atoms with Gasteiger partial charge in [0.15, 0.2) is 0 Å². The average Bonchev–Trinajstić information content (AvgIpc) is 3.66. The van der Waals surface area contributed by atoms with E-state index in [1.54, 1.807) is 0 Å². The molecule has 0 aliphatic carbocycles. The lowest BCUT2D eigenvalue weighted by Gasteiger charge is -2.51. The van der Waals surface area contributed by atoms with E-state index in [2.05, 4.69) is 262 Å². The number of ether oxygens (including phenoxy) is 2. The topological polar surface area (TPSA) is 31.4 Å². The average molecular weight is 943 g/mol. The van der Waals surface area contributed by atoms with Crippen molar-refractivity contribution >= 4 is 114 Å². The van der Waals surface area contributed by atoms with Crippen molar-refractivity contribution in [2.75, 3.05) is 19.6 Å². The first kappa shape index (κ1) is 40.0. The molecular weight excluding hydrogens is 902 g/mol. The zero-order valence-corrected chi connectivity index (χ0v) is 39.9. The van der Waals surface area contributed by atoms with Crippen LogP contribution in [0.1, 0.15) is 0 Å². The number of anilines is 12. The van der Waals surface area contributed by atoms with E-state index in [0.717, 1.165) is 135 Å². The smallest absolute Gasteiger partial charge is 0.262 e. The van der Waals surface area contributed by atoms with E-state index in [4.69, 9.17) is 9.47 Å². The van der Waals surface area contributed by atoms with Crippen molar-refractivity contribution in [3.63, 3.8) is 0 Å². The molecule has 0 saturated heterocycles. The maximum atomic E-state index is 7.97. The number of benzene rings is 11. The quantitative estimate of drug-likeness (QED) is 0.154. The molecule has 6 aliphatic rings. The molecule has 17 rings (SSSR count). The second-order valence-corrected chi connectivity index (χ2v) is 19.9. The van der Waals surface area contributed by atoms with Crippen LogP contribution in [0, 0.1) is 0 Å². The molecule has 0 spiro atoms. The summed E-state index contributed by atoms with van der Waals surface area (Å²) in [5.74, 6) is 3.41. The number of nitrogens with zero attached hydrogens (tertiary/aromatic N) is 4. The van der Waals surface area contributed by atoms with Gasteiger partial charge in [-0.1, -0.05) is 146 Å². The Labute approximate surface area is 429 Å². The van der Waals surface area contributed by atoms with Crippen LogP contribution in [0.4, 0.5) is 68.2 Å². The van der Waals surface area contributed by atoms with E-state index in [0.29, 0.717) is 0 Å². The highest BCUT2D eigenvalue weighted by Crippen LogP contribution is 2.58. The number of rotatable bonds is 6. The maximum absolute atomic E-state index is 7.97. The van der Waals surface area contributed by atoms with E-state index in [9.17, 15) is 0 Å². The highest BCUT2D eigenvalue weighted by Gasteiger charge is 2.57. The van der Waals surface area contributed by atoms with Crippen molar-refractivity contribution in [2.24, 2.45) is 0 Å². The summed E-state index contributed by atoms with van der Waals surface area (Å²) in [4.78, 5) is 9.89. The van der Waals surface area contributed by atoms with Gasteiger partial charge in [0.2, 0.25) is 0 Å². The van der Waals surface area contributed by atoms with Crippen LogP contribution in [0.25, 0.3) is 22.3 Å². The van der Waals surface area contributed by atoms with Gasteiger partial charge in [-0.05, 0) is 141 Å². The number of fused-ring (bicyclic) bond motifs is 2. The van der Waals surface area contributed by atoms with E-state index < -0.39 is 0 Å². The van der Waals surface area contributed by atoms with Gasteiger partial charge in [-0.15, -0.1) is 0 Å². The number of hydrogen-bond donors (Lipinski definition) is 0. The Kier molecular flexibility index (Phi) is 8.08. The molecule has 0 fully saturated rings. The summed E-state index contributed by atoms with van der Waals surface area (Å²) in [6, 6.07) is 87.9. The van der Waals surface area contributed by atoms with Crippen LogP contribution < -0.4 is 61.9 Å². The monoisotopic (exact) mass is 942 g/mol. The molecular formula is C66H40B2N4O2. The molecule has 0 atom stereocenters. The fourth-order valence-corrected chi connectivity index (χ4v) is 13.3. The van der Waals surface area contributed by atoms with E-state index in [1.165, 1.54) is 10.9 Å². The van der Waals surface area contributed by atoms with Gasteiger partial charge in [-0.3, -0.25) is 0 Å². The molecule has 6 aliphatic heterocycles. The first-order chi connectivity index (χ1) is 36.8. The van der Waals surface area contributed by atoms with Crippen molar-refractivity contribution in [2.45, 2.75) is 0 Å². The predicted molar refractivity (Wildman–Crippen MR) is 306 cm³/mol. The summed E-state index contributed by atoms with van der Waals surface area (Å²) in [5, 5.41) is 0. The number of hydrogen-bond acceptors (Lipinski definition) is 6. The van der Waals surface area contributed by atoms with E-state index >= 15 is 0 Å². The summed E-state index contributed by atoms with van der Waals surface area (Å²) in [6.07, 6.45) is 0. The van der Waals surface area contributed by atoms with Gasteiger partial charge >= 0.3 is 0 Å². The summed E-state index contributed by atoms with van der Waals surface area (Å²) in [5.41, 5.74) is 24.4. The third-order valence-electron chi connectivity index (χ3n) is 16.1. The van der Waals surface area contributed by atoms with Gasteiger partial charge in [0.25, 0.3) is 13.4 Å². The molecule has 0 radical (unpaired) electrons. The van der Waals surface area contributed by atoms with Crippen LogP contribution in [-0.2, 0) is 0 Å². The van der Waals surface area contributed by atoms with Crippen LogP contribution in [0.5, 0.6) is 23.0 Å². The molecule has 0 aromatic heterocycles. The lowest BCUT2D eigenvalue weighted by atomic mass is 9.29. The van der Waals surface area contributed by atoms with Crippen molar-refractivity contribution < 1.29 is 9.47 Å². The molecule has 11 aromatic carbocycles. The minimum atomic E-state index is -0.235. The summed E-state index contributed by atoms with van der Waals surface area (Å²) in [7, 11) is 0. The third kappa shape index (κ3) is 5.30. The van der Waals surface area contributed by atoms with Crippen molar-refractivity contribution in [1.29, 1.82) is 0 Å². The Morgan fingerprint density at radius 3 is 1.09 bits per heavy atom. The van der Waals surface area contributed by atoms with Gasteiger partial charge in [0, 0.05) is 67.8 Å². The predicted octanol–water partition coefficient (Wildman–Crippen LogP) is 13.4. The molecule has 6 nitrogen and oxygen atoms in total. The van der Waals surface area contributed by atoms with E-state index in [1.807, 2.05) is 0 Å². The fourth-order valence-electron chi connectivity index (χ4n) is 13.3. The molecule has 0 unspecified atom stereocenters. The Morgan fingerprint density at radius 1 is 0.243 bits per heavy atom. The molecule has 342 valence electrons. The van der Waals surface area contributed by atoms with Gasteiger partial charge in [0.1, 0.15) is 23.0 Å². The summed E-state index contributed by atoms with van der Waals surface area (Å²) >= 11 is 0. The zero-order chi connectivity index (χ0) is 48.2. The lowest BCUT2D eigenvalue weighted by Crippen LogP contribution is -2.67. The van der Waals surface area contributed by atoms with Crippen LogP contribution in [0.15, 0.2) is 243 Å². The highest BCUT2D eigenvalue weighted by molar-refractivity contribution is 7.04. The third-order valence-corrected chi connectivity index (χ3v) is 16.1. The standard InChI is InChI=1S/C66H40B2N4O2/c1-7-21-41(22-8-1)43-37-52-58-53(38-43)72(48-31-17-6-18-32-48)64-62-66(74-56-40-44(42-23-9-2-10-24-42)39-54(60(56)68(58)62)70(52)46-27-13-4-14-28-46)63-61-65(64)73-55-36-20-35-51-59(55)67(61)57-49(69(51)45-25-11-3-12-26-45)33-19-34-50(57)71(63)47-29-15-5-16-30-47/h1-40H. The number of para-hydroxylation sites is 4. The highest BCUT2D eigenvalue weighted by atomic mass is 16.5.